The Hall–Kier alpha value is -3.69. The number of aromatic nitrogens is 4. The minimum absolute atomic E-state index is 0.0465. The number of thiazole rings is 1. The van der Waals surface area contributed by atoms with Crippen molar-refractivity contribution in [3.8, 4) is 0 Å². The summed E-state index contributed by atoms with van der Waals surface area (Å²) in [5.74, 6) is -1.61. The number of fused-ring (bicyclic) bond motifs is 1. The molecule has 0 aliphatic carbocycles. The number of pyridine rings is 1. The van der Waals surface area contributed by atoms with E-state index in [1.807, 2.05) is 0 Å². The molecule has 0 bridgehead atoms. The van der Waals surface area contributed by atoms with Crippen LogP contribution < -0.4 is 16.0 Å². The van der Waals surface area contributed by atoms with E-state index in [0.717, 1.165) is 17.5 Å². The zero-order chi connectivity index (χ0) is 26.0. The summed E-state index contributed by atoms with van der Waals surface area (Å²) in [4.78, 5) is 54.7. The minimum atomic E-state index is -4.71. The number of alkyl halides is 3. The molecule has 11 nitrogen and oxygen atoms in total. The molecule has 0 saturated heterocycles. The molecule has 0 spiro atoms. The van der Waals surface area contributed by atoms with Gasteiger partial charge in [0.05, 0.1) is 29.9 Å². The Morgan fingerprint density at radius 3 is 2.69 bits per heavy atom. The standard InChI is InChI=1S/C20H16ClF3N8O3S/c1-32-6-9-16(28-8-29-17(9)31-14(33)7-32)19(35)27-5-15-26-4-12(36-15)18(34)30-13-2-10(20(22,23)24)11(21)3-25-13/h2-4,8H,5-7H2,1H3,(H,27,35)(H,25,30,34)(H,28,29,31,33). The molecule has 188 valence electrons. The second-order valence-electron chi connectivity index (χ2n) is 7.57. The van der Waals surface area contributed by atoms with E-state index >= 15 is 0 Å². The fourth-order valence-electron chi connectivity index (χ4n) is 3.25. The predicted octanol–water partition coefficient (Wildman–Crippen LogP) is 2.57. The molecular weight excluding hydrogens is 525 g/mol. The van der Waals surface area contributed by atoms with Crippen LogP contribution in [0.4, 0.5) is 24.8 Å². The van der Waals surface area contributed by atoms with Crippen molar-refractivity contribution in [1.29, 1.82) is 0 Å². The van der Waals surface area contributed by atoms with Crippen molar-refractivity contribution in [1.82, 2.24) is 30.2 Å². The Labute approximate surface area is 210 Å². The molecule has 3 aromatic heterocycles. The first-order valence-electron chi connectivity index (χ1n) is 10.1. The number of likely N-dealkylation sites (N-methyl/N-ethyl adjacent to an activating group) is 1. The lowest BCUT2D eigenvalue weighted by atomic mass is 10.2. The Morgan fingerprint density at radius 1 is 1.17 bits per heavy atom. The third-order valence-electron chi connectivity index (χ3n) is 4.84. The molecule has 3 amide bonds. The van der Waals surface area contributed by atoms with Crippen molar-refractivity contribution in [2.75, 3.05) is 24.2 Å². The summed E-state index contributed by atoms with van der Waals surface area (Å²) in [5, 5.41) is 7.32. The number of amides is 3. The van der Waals surface area contributed by atoms with Gasteiger partial charge >= 0.3 is 6.18 Å². The number of nitrogens with zero attached hydrogens (tertiary/aromatic N) is 5. The van der Waals surface area contributed by atoms with Gasteiger partial charge in [-0.15, -0.1) is 11.3 Å². The quantitative estimate of drug-likeness (QED) is 0.448. The highest BCUT2D eigenvalue weighted by Gasteiger charge is 2.34. The summed E-state index contributed by atoms with van der Waals surface area (Å²) in [7, 11) is 1.72. The molecular formula is C20H16ClF3N8O3S. The Morgan fingerprint density at radius 2 is 1.94 bits per heavy atom. The molecule has 0 radical (unpaired) electrons. The van der Waals surface area contributed by atoms with Gasteiger partial charge in [-0.2, -0.15) is 13.2 Å². The summed E-state index contributed by atoms with van der Waals surface area (Å²) in [6, 6.07) is 0.632. The van der Waals surface area contributed by atoms with E-state index < -0.39 is 28.6 Å². The zero-order valence-corrected chi connectivity index (χ0v) is 19.9. The van der Waals surface area contributed by atoms with Gasteiger partial charge in [-0.25, -0.2) is 19.9 Å². The van der Waals surface area contributed by atoms with Crippen LogP contribution in [0.5, 0.6) is 0 Å². The molecule has 1 aliphatic rings. The van der Waals surface area contributed by atoms with Gasteiger partial charge < -0.3 is 16.0 Å². The van der Waals surface area contributed by atoms with Crippen molar-refractivity contribution < 1.29 is 27.6 Å². The van der Waals surface area contributed by atoms with E-state index in [2.05, 4.69) is 35.9 Å². The Bertz CT molecular complexity index is 1350. The van der Waals surface area contributed by atoms with Gasteiger partial charge in [0, 0.05) is 18.3 Å². The SMILES string of the molecule is CN1CC(=O)Nc2ncnc(C(=O)NCc3ncc(C(=O)Nc4cc(C(F)(F)F)c(Cl)cn4)s3)c2C1. The first kappa shape index (κ1) is 25.4. The molecule has 0 atom stereocenters. The van der Waals surface area contributed by atoms with Crippen LogP contribution in [0.3, 0.4) is 0 Å². The smallest absolute Gasteiger partial charge is 0.344 e. The van der Waals surface area contributed by atoms with Crippen molar-refractivity contribution >= 4 is 52.3 Å². The molecule has 36 heavy (non-hydrogen) atoms. The highest BCUT2D eigenvalue weighted by Crippen LogP contribution is 2.35. The van der Waals surface area contributed by atoms with E-state index in [1.54, 1.807) is 11.9 Å². The highest BCUT2D eigenvalue weighted by atomic mass is 35.5. The summed E-state index contributed by atoms with van der Waals surface area (Å²) in [6.45, 7) is 0.355. The lowest BCUT2D eigenvalue weighted by Gasteiger charge is -2.13. The Kier molecular flexibility index (Phi) is 7.14. The number of carbonyl (C=O) groups is 3. The van der Waals surface area contributed by atoms with E-state index in [9.17, 15) is 27.6 Å². The van der Waals surface area contributed by atoms with Crippen LogP contribution in [-0.2, 0) is 24.1 Å². The maximum absolute atomic E-state index is 13.0. The zero-order valence-electron chi connectivity index (χ0n) is 18.3. The van der Waals surface area contributed by atoms with Gasteiger partial charge in [-0.1, -0.05) is 11.6 Å². The van der Waals surface area contributed by atoms with Crippen LogP contribution in [0.1, 0.15) is 36.3 Å². The fourth-order valence-corrected chi connectivity index (χ4v) is 4.21. The maximum Gasteiger partial charge on any atom is 0.418 e. The Balaban J connectivity index is 1.42. The van der Waals surface area contributed by atoms with Crippen LogP contribution in [0, 0.1) is 0 Å². The van der Waals surface area contributed by atoms with Crippen LogP contribution in [0.2, 0.25) is 5.02 Å². The fraction of sp³-hybridized carbons (Fsp3) is 0.250. The third-order valence-corrected chi connectivity index (χ3v) is 6.14. The molecule has 16 heteroatoms. The molecule has 0 fully saturated rings. The lowest BCUT2D eigenvalue weighted by molar-refractivity contribution is -0.137. The van der Waals surface area contributed by atoms with Crippen LogP contribution in [-0.4, -0.2) is 56.1 Å². The van der Waals surface area contributed by atoms with Gasteiger partial charge in [0.2, 0.25) is 5.91 Å². The minimum Gasteiger partial charge on any atom is -0.344 e. The van der Waals surface area contributed by atoms with Gasteiger partial charge in [-0.05, 0) is 13.1 Å². The van der Waals surface area contributed by atoms with E-state index in [4.69, 9.17) is 11.6 Å². The average molecular weight is 541 g/mol. The second kappa shape index (κ2) is 10.1. The molecule has 3 N–H and O–H groups in total. The number of rotatable bonds is 5. The van der Waals surface area contributed by atoms with E-state index in [1.165, 1.54) is 12.5 Å². The van der Waals surface area contributed by atoms with Crippen LogP contribution in [0.25, 0.3) is 0 Å². The maximum atomic E-state index is 13.0. The first-order valence-corrected chi connectivity index (χ1v) is 11.3. The summed E-state index contributed by atoms with van der Waals surface area (Å²) in [6.07, 6.45) is -1.52. The largest absolute Gasteiger partial charge is 0.418 e. The lowest BCUT2D eigenvalue weighted by Crippen LogP contribution is -2.27. The molecule has 4 rings (SSSR count). The molecule has 3 aromatic rings. The third kappa shape index (κ3) is 5.75. The van der Waals surface area contributed by atoms with Crippen molar-refractivity contribution in [3.63, 3.8) is 0 Å². The summed E-state index contributed by atoms with van der Waals surface area (Å²) in [5.41, 5.74) is -0.593. The number of anilines is 2. The molecule has 0 unspecified atom stereocenters. The predicted molar refractivity (Wildman–Crippen MR) is 122 cm³/mol. The van der Waals surface area contributed by atoms with Gasteiger partial charge in [0.15, 0.2) is 0 Å². The number of hydrogen-bond donors (Lipinski definition) is 3. The van der Waals surface area contributed by atoms with Gasteiger partial charge in [-0.3, -0.25) is 19.3 Å². The van der Waals surface area contributed by atoms with E-state index in [0.29, 0.717) is 16.6 Å². The average Bonchev–Trinajstić information content (AvgIpc) is 3.22. The molecule has 0 saturated carbocycles. The van der Waals surface area contributed by atoms with Crippen LogP contribution in [0.15, 0.2) is 24.8 Å². The molecule has 1 aliphatic heterocycles. The number of nitrogens with one attached hydrogen (secondary N) is 3. The monoisotopic (exact) mass is 540 g/mol. The number of hydrogen-bond acceptors (Lipinski definition) is 9. The highest BCUT2D eigenvalue weighted by molar-refractivity contribution is 7.13. The second-order valence-corrected chi connectivity index (χ2v) is 9.09. The summed E-state index contributed by atoms with van der Waals surface area (Å²) >= 11 is 6.47. The van der Waals surface area contributed by atoms with Gasteiger partial charge in [0.1, 0.15) is 33.5 Å². The molecule has 0 aromatic carbocycles. The summed E-state index contributed by atoms with van der Waals surface area (Å²) < 4.78 is 39.1. The normalized spacial score (nSPS) is 14.0. The number of halogens is 4. The number of carbonyl (C=O) groups excluding carboxylic acids is 3. The topological polar surface area (TPSA) is 142 Å². The van der Waals surface area contributed by atoms with Crippen molar-refractivity contribution in [3.05, 3.63) is 56.5 Å². The van der Waals surface area contributed by atoms with Crippen LogP contribution >= 0.6 is 22.9 Å². The van der Waals surface area contributed by atoms with Gasteiger partial charge in [0.25, 0.3) is 11.8 Å². The van der Waals surface area contributed by atoms with E-state index in [-0.39, 0.29) is 47.7 Å². The van der Waals surface area contributed by atoms with Crippen molar-refractivity contribution in [2.45, 2.75) is 19.3 Å². The first-order chi connectivity index (χ1) is 17.0. The molecule has 4 heterocycles. The van der Waals surface area contributed by atoms with Crippen molar-refractivity contribution in [2.24, 2.45) is 0 Å².